The van der Waals surface area contributed by atoms with Crippen LogP contribution in [0.25, 0.3) is 22.6 Å². The first-order chi connectivity index (χ1) is 10.3. The number of hydrogen-bond acceptors (Lipinski definition) is 4. The maximum atomic E-state index is 6.16. The van der Waals surface area contributed by atoms with Crippen LogP contribution in [-0.4, -0.2) is 29.6 Å². The number of hydrogen-bond donors (Lipinski definition) is 0. The number of imidazole rings is 1. The topological polar surface area (TPSA) is 60.9 Å². The monoisotopic (exact) mass is 296 g/mol. The Morgan fingerprint density at radius 2 is 2.05 bits per heavy atom. The second-order valence-electron chi connectivity index (χ2n) is 4.50. The van der Waals surface area contributed by atoms with Gasteiger partial charge in [-0.1, -0.05) is 23.7 Å². The molecule has 0 unspecified atom stereocenters. The average Bonchev–Trinajstić information content (AvgIpc) is 3.18. The number of pyridine rings is 1. The molecule has 6 nitrogen and oxygen atoms in total. The lowest BCUT2D eigenvalue weighted by Gasteiger charge is -2.05. The van der Waals surface area contributed by atoms with E-state index in [1.165, 1.54) is 0 Å². The molecule has 0 aliphatic heterocycles. The molecular weight excluding hydrogens is 288 g/mol. The van der Waals surface area contributed by atoms with Gasteiger partial charge in [-0.25, -0.2) is 9.67 Å². The molecule has 0 amide bonds. The first kappa shape index (κ1) is 12.0. The summed E-state index contributed by atoms with van der Waals surface area (Å²) in [5.74, 6) is 0. The van der Waals surface area contributed by atoms with Crippen LogP contribution in [0.1, 0.15) is 0 Å². The van der Waals surface area contributed by atoms with E-state index in [9.17, 15) is 0 Å². The molecule has 0 aliphatic carbocycles. The van der Waals surface area contributed by atoms with Gasteiger partial charge in [-0.15, -0.1) is 5.10 Å². The van der Waals surface area contributed by atoms with E-state index in [1.54, 1.807) is 17.2 Å². The van der Waals surface area contributed by atoms with Crippen molar-refractivity contribution in [2.45, 2.75) is 0 Å². The van der Waals surface area contributed by atoms with Crippen molar-refractivity contribution >= 4 is 17.2 Å². The third-order valence-corrected chi connectivity index (χ3v) is 3.54. The maximum absolute atomic E-state index is 6.16. The molecule has 0 spiro atoms. The van der Waals surface area contributed by atoms with Gasteiger partial charge in [-0.2, -0.15) is 0 Å². The Kier molecular flexibility index (Phi) is 2.68. The zero-order valence-corrected chi connectivity index (χ0v) is 11.5. The summed E-state index contributed by atoms with van der Waals surface area (Å²) < 4.78 is 3.57. The van der Waals surface area contributed by atoms with E-state index in [1.807, 2.05) is 47.0 Å². The third kappa shape index (κ3) is 1.96. The Hall–Kier alpha value is -2.73. The van der Waals surface area contributed by atoms with Gasteiger partial charge in [0.15, 0.2) is 5.65 Å². The van der Waals surface area contributed by atoms with Crippen molar-refractivity contribution < 1.29 is 0 Å². The second-order valence-corrected chi connectivity index (χ2v) is 4.91. The van der Waals surface area contributed by atoms with Gasteiger partial charge in [0.25, 0.3) is 0 Å². The van der Waals surface area contributed by atoms with Crippen molar-refractivity contribution in [3.05, 3.63) is 60.1 Å². The van der Waals surface area contributed by atoms with Gasteiger partial charge in [0, 0.05) is 11.8 Å². The summed E-state index contributed by atoms with van der Waals surface area (Å²) in [6.07, 6.45) is 5.30. The minimum absolute atomic E-state index is 0.625. The summed E-state index contributed by atoms with van der Waals surface area (Å²) in [6, 6.07) is 11.6. The van der Waals surface area contributed by atoms with E-state index in [0.717, 1.165) is 22.6 Å². The fourth-order valence-corrected chi connectivity index (χ4v) is 2.49. The third-order valence-electron chi connectivity index (χ3n) is 3.24. The van der Waals surface area contributed by atoms with E-state index < -0.39 is 0 Å². The molecule has 1 aromatic carbocycles. The zero-order chi connectivity index (χ0) is 14.2. The molecule has 0 atom stereocenters. The van der Waals surface area contributed by atoms with Crippen molar-refractivity contribution in [1.82, 2.24) is 29.6 Å². The Morgan fingerprint density at radius 1 is 1.10 bits per heavy atom. The summed E-state index contributed by atoms with van der Waals surface area (Å²) in [4.78, 5) is 4.37. The number of halogens is 1. The number of tetrazole rings is 1. The minimum Gasteiger partial charge on any atom is -0.298 e. The Bertz CT molecular complexity index is 912. The quantitative estimate of drug-likeness (QED) is 0.570. The lowest BCUT2D eigenvalue weighted by molar-refractivity contribution is 0.789. The van der Waals surface area contributed by atoms with Crippen molar-refractivity contribution in [2.24, 2.45) is 0 Å². The van der Waals surface area contributed by atoms with Crippen molar-refractivity contribution in [3.63, 3.8) is 0 Å². The highest BCUT2D eigenvalue weighted by atomic mass is 35.5. The lowest BCUT2D eigenvalue weighted by atomic mass is 10.1. The summed E-state index contributed by atoms with van der Waals surface area (Å²) in [7, 11) is 0. The van der Waals surface area contributed by atoms with E-state index in [0.29, 0.717) is 5.02 Å². The predicted molar refractivity (Wildman–Crippen MR) is 78.4 cm³/mol. The fourth-order valence-electron chi connectivity index (χ4n) is 2.28. The molecule has 0 saturated heterocycles. The van der Waals surface area contributed by atoms with Crippen LogP contribution in [0.5, 0.6) is 0 Å². The van der Waals surface area contributed by atoms with Crippen LogP contribution in [0.2, 0.25) is 5.02 Å². The number of benzene rings is 1. The standard InChI is InChI=1S/C14H9ClN6/c15-12-5-2-6-20-13(8-16-14(12)20)10-3-1-4-11(7-10)21-9-17-18-19-21/h1-9H. The highest BCUT2D eigenvalue weighted by Crippen LogP contribution is 2.25. The summed E-state index contributed by atoms with van der Waals surface area (Å²) >= 11 is 6.16. The average molecular weight is 297 g/mol. The fraction of sp³-hybridized carbons (Fsp3) is 0. The van der Waals surface area contributed by atoms with Gasteiger partial charge < -0.3 is 0 Å². The summed E-state index contributed by atoms with van der Waals surface area (Å²) in [6.45, 7) is 0. The van der Waals surface area contributed by atoms with Crippen LogP contribution in [0.15, 0.2) is 55.1 Å². The van der Waals surface area contributed by atoms with E-state index in [4.69, 9.17) is 11.6 Å². The van der Waals surface area contributed by atoms with Crippen LogP contribution in [0.4, 0.5) is 0 Å². The molecule has 0 fully saturated rings. The van der Waals surface area contributed by atoms with E-state index >= 15 is 0 Å². The molecule has 3 heterocycles. The van der Waals surface area contributed by atoms with Crippen LogP contribution in [0.3, 0.4) is 0 Å². The summed E-state index contributed by atoms with van der Waals surface area (Å²) in [5.41, 5.74) is 3.59. The van der Waals surface area contributed by atoms with Crippen LogP contribution < -0.4 is 0 Å². The SMILES string of the molecule is Clc1cccn2c(-c3cccc(-n4cnnn4)c3)cnc12. The lowest BCUT2D eigenvalue weighted by Crippen LogP contribution is -1.96. The Balaban J connectivity index is 1.89. The van der Waals surface area contributed by atoms with Crippen LogP contribution in [-0.2, 0) is 0 Å². The van der Waals surface area contributed by atoms with Gasteiger partial charge in [-0.05, 0) is 34.7 Å². The number of aromatic nitrogens is 6. The normalized spacial score (nSPS) is 11.1. The molecule has 0 aliphatic rings. The molecular formula is C14H9ClN6. The van der Waals surface area contributed by atoms with Gasteiger partial charge in [0.2, 0.25) is 0 Å². The Morgan fingerprint density at radius 3 is 2.90 bits per heavy atom. The molecule has 0 bridgehead atoms. The summed E-state index contributed by atoms with van der Waals surface area (Å²) in [5, 5.41) is 11.8. The van der Waals surface area contributed by atoms with Crippen molar-refractivity contribution in [3.8, 4) is 16.9 Å². The van der Waals surface area contributed by atoms with E-state index in [2.05, 4.69) is 20.5 Å². The second kappa shape index (κ2) is 4.68. The number of rotatable bonds is 2. The molecule has 4 aromatic rings. The molecule has 3 aromatic heterocycles. The van der Waals surface area contributed by atoms with Gasteiger partial charge in [0.1, 0.15) is 6.33 Å². The van der Waals surface area contributed by atoms with Crippen molar-refractivity contribution in [1.29, 1.82) is 0 Å². The Labute approximate surface area is 124 Å². The van der Waals surface area contributed by atoms with Crippen molar-refractivity contribution in [2.75, 3.05) is 0 Å². The predicted octanol–water partition coefficient (Wildman–Crippen LogP) is 2.63. The zero-order valence-electron chi connectivity index (χ0n) is 10.8. The number of fused-ring (bicyclic) bond motifs is 1. The molecule has 0 saturated carbocycles. The largest absolute Gasteiger partial charge is 0.298 e. The molecule has 7 heteroatoms. The van der Waals surface area contributed by atoms with Gasteiger partial charge in [0.05, 0.1) is 22.6 Å². The maximum Gasteiger partial charge on any atom is 0.156 e. The molecule has 0 radical (unpaired) electrons. The minimum atomic E-state index is 0.625. The van der Waals surface area contributed by atoms with Crippen LogP contribution in [0, 0.1) is 0 Å². The highest BCUT2D eigenvalue weighted by Gasteiger charge is 2.09. The molecule has 102 valence electrons. The smallest absolute Gasteiger partial charge is 0.156 e. The number of nitrogens with zero attached hydrogens (tertiary/aromatic N) is 6. The molecule has 0 N–H and O–H groups in total. The van der Waals surface area contributed by atoms with Gasteiger partial charge in [-0.3, -0.25) is 4.40 Å². The highest BCUT2D eigenvalue weighted by molar-refractivity contribution is 6.33. The van der Waals surface area contributed by atoms with E-state index in [-0.39, 0.29) is 0 Å². The molecule has 4 rings (SSSR count). The van der Waals surface area contributed by atoms with Gasteiger partial charge >= 0.3 is 0 Å². The van der Waals surface area contributed by atoms with Crippen LogP contribution >= 0.6 is 11.6 Å². The molecule has 21 heavy (non-hydrogen) atoms. The first-order valence-electron chi connectivity index (χ1n) is 6.28. The first-order valence-corrected chi connectivity index (χ1v) is 6.66.